The Bertz CT molecular complexity index is 3910. The Morgan fingerprint density at radius 3 is 1.69 bits per heavy atom. The van der Waals surface area contributed by atoms with Gasteiger partial charge in [0.25, 0.3) is 0 Å². The zero-order chi connectivity index (χ0) is 40.0. The molecule has 0 fully saturated rings. The van der Waals surface area contributed by atoms with E-state index < -0.39 is 0 Å². The summed E-state index contributed by atoms with van der Waals surface area (Å²) >= 11 is 0. The minimum atomic E-state index is 0.890. The van der Waals surface area contributed by atoms with Crippen molar-refractivity contribution in [2.75, 3.05) is 0 Å². The number of hydrogen-bond donors (Lipinski definition) is 0. The first-order chi connectivity index (χ1) is 30.2. The van der Waals surface area contributed by atoms with Crippen LogP contribution in [-0.4, -0.2) is 9.97 Å². The predicted molar refractivity (Wildman–Crippen MR) is 256 cm³/mol. The fraction of sp³-hybridized carbons (Fsp3) is 0. The van der Waals surface area contributed by atoms with Gasteiger partial charge >= 0.3 is 0 Å². The van der Waals surface area contributed by atoms with Gasteiger partial charge in [-0.3, -0.25) is 0 Å². The molecule has 0 saturated carbocycles. The zero-order valence-corrected chi connectivity index (χ0v) is 32.9. The maximum atomic E-state index is 6.63. The first kappa shape index (κ1) is 33.8. The molecule has 0 saturated heterocycles. The van der Waals surface area contributed by atoms with Gasteiger partial charge in [-0.15, -0.1) is 0 Å². The summed E-state index contributed by atoms with van der Waals surface area (Å²) in [5, 5.41) is 13.8. The molecule has 3 heterocycles. The van der Waals surface area contributed by atoms with E-state index in [1.165, 1.54) is 37.9 Å². The maximum absolute atomic E-state index is 6.63. The number of aromatic nitrogens is 2. The smallest absolute Gasteiger partial charge is 0.144 e. The van der Waals surface area contributed by atoms with Crippen LogP contribution in [0.5, 0.6) is 0 Å². The fourth-order valence-electron chi connectivity index (χ4n) is 9.76. The van der Waals surface area contributed by atoms with Crippen LogP contribution in [0.15, 0.2) is 211 Å². The summed E-state index contributed by atoms with van der Waals surface area (Å²) in [5.41, 5.74) is 12.5. The predicted octanol–water partition coefficient (Wildman–Crippen LogP) is 16.0. The summed E-state index contributed by atoms with van der Waals surface area (Å²) in [6, 6.07) is 73.7. The van der Waals surface area contributed by atoms with Crippen molar-refractivity contribution in [3.05, 3.63) is 206 Å². The van der Waals surface area contributed by atoms with Crippen molar-refractivity contribution in [3.63, 3.8) is 0 Å². The van der Waals surface area contributed by atoms with E-state index in [9.17, 15) is 0 Å². The molecular formula is C58H34N2O. The first-order valence-corrected chi connectivity index (χ1v) is 20.8. The molecule has 13 rings (SSSR count). The Morgan fingerprint density at radius 1 is 0.311 bits per heavy atom. The molecule has 0 N–H and O–H groups in total. The molecule has 3 heteroatoms. The van der Waals surface area contributed by atoms with Gasteiger partial charge in [0.05, 0.1) is 22.4 Å². The highest BCUT2D eigenvalue weighted by molar-refractivity contribution is 6.28. The highest BCUT2D eigenvalue weighted by Crippen LogP contribution is 2.44. The van der Waals surface area contributed by atoms with Crippen LogP contribution in [0.25, 0.3) is 132 Å². The van der Waals surface area contributed by atoms with Crippen molar-refractivity contribution in [2.45, 2.75) is 0 Å². The molecule has 0 unspecified atom stereocenters. The average molecular weight is 775 g/mol. The van der Waals surface area contributed by atoms with Gasteiger partial charge in [-0.2, -0.15) is 0 Å². The van der Waals surface area contributed by atoms with Crippen LogP contribution in [0.1, 0.15) is 0 Å². The molecule has 3 aromatic heterocycles. The van der Waals surface area contributed by atoms with Crippen molar-refractivity contribution in [1.82, 2.24) is 9.97 Å². The molecular weight excluding hydrogens is 741 g/mol. The molecule has 0 spiro atoms. The topological polar surface area (TPSA) is 38.9 Å². The second kappa shape index (κ2) is 13.2. The zero-order valence-electron chi connectivity index (χ0n) is 32.9. The number of nitrogens with zero attached hydrogens (tertiary/aromatic N) is 2. The summed E-state index contributed by atoms with van der Waals surface area (Å²) in [7, 11) is 0. The fourth-order valence-corrected chi connectivity index (χ4v) is 9.76. The van der Waals surface area contributed by atoms with E-state index in [0.29, 0.717) is 0 Å². The Balaban J connectivity index is 0.997. The van der Waals surface area contributed by atoms with E-state index in [1.54, 1.807) is 0 Å². The summed E-state index contributed by atoms with van der Waals surface area (Å²) in [4.78, 5) is 10.9. The number of fused-ring (bicyclic) bond motifs is 14. The minimum Gasteiger partial charge on any atom is -0.455 e. The van der Waals surface area contributed by atoms with Crippen LogP contribution in [0.2, 0.25) is 0 Å². The molecule has 0 radical (unpaired) electrons. The van der Waals surface area contributed by atoms with Crippen LogP contribution in [-0.2, 0) is 0 Å². The number of hydrogen-bond acceptors (Lipinski definition) is 3. The lowest BCUT2D eigenvalue weighted by atomic mass is 9.89. The van der Waals surface area contributed by atoms with Gasteiger partial charge in [-0.1, -0.05) is 182 Å². The SMILES string of the molecule is c1ccc(-c2nc3c4ccccc4ccc3c3c2cc(-c2ccc(-c4ccc5c(c4)nc(-c4ccccc4)c4ccc6c7ccccc7oc6c45)cc2)c2ccccc23)cc1. The normalized spacial score (nSPS) is 11.9. The van der Waals surface area contributed by atoms with Crippen molar-refractivity contribution in [1.29, 1.82) is 0 Å². The van der Waals surface area contributed by atoms with Gasteiger partial charge in [0.2, 0.25) is 0 Å². The minimum absolute atomic E-state index is 0.890. The van der Waals surface area contributed by atoms with Crippen LogP contribution >= 0.6 is 0 Å². The number of rotatable bonds is 4. The van der Waals surface area contributed by atoms with Crippen molar-refractivity contribution in [3.8, 4) is 44.8 Å². The lowest BCUT2D eigenvalue weighted by molar-refractivity contribution is 0.673. The Morgan fingerprint density at radius 2 is 0.902 bits per heavy atom. The molecule has 282 valence electrons. The first-order valence-electron chi connectivity index (χ1n) is 20.8. The molecule has 0 aliphatic carbocycles. The van der Waals surface area contributed by atoms with Gasteiger partial charge < -0.3 is 4.42 Å². The number of para-hydroxylation sites is 1. The van der Waals surface area contributed by atoms with E-state index >= 15 is 0 Å². The Kier molecular flexibility index (Phi) is 7.31. The lowest BCUT2D eigenvalue weighted by Crippen LogP contribution is -1.94. The number of pyridine rings is 2. The number of benzene rings is 10. The molecule has 61 heavy (non-hydrogen) atoms. The largest absolute Gasteiger partial charge is 0.455 e. The highest BCUT2D eigenvalue weighted by Gasteiger charge is 2.20. The monoisotopic (exact) mass is 774 g/mol. The molecule has 0 aliphatic heterocycles. The van der Waals surface area contributed by atoms with Crippen LogP contribution in [0.4, 0.5) is 0 Å². The van der Waals surface area contributed by atoms with Crippen molar-refractivity contribution in [2.24, 2.45) is 0 Å². The quantitative estimate of drug-likeness (QED) is 0.167. The van der Waals surface area contributed by atoms with Crippen LogP contribution < -0.4 is 0 Å². The van der Waals surface area contributed by atoms with E-state index in [0.717, 1.165) is 93.7 Å². The van der Waals surface area contributed by atoms with Gasteiger partial charge in [0, 0.05) is 59.6 Å². The molecule has 10 aromatic carbocycles. The van der Waals surface area contributed by atoms with Gasteiger partial charge in [-0.05, 0) is 62.7 Å². The summed E-state index contributed by atoms with van der Waals surface area (Å²) in [5.74, 6) is 0. The van der Waals surface area contributed by atoms with Crippen LogP contribution in [0, 0.1) is 0 Å². The molecule has 0 aliphatic rings. The second-order valence-corrected chi connectivity index (χ2v) is 16.0. The third-order valence-electron chi connectivity index (χ3n) is 12.6. The third kappa shape index (κ3) is 5.17. The van der Waals surface area contributed by atoms with Crippen molar-refractivity contribution >= 4 is 86.8 Å². The van der Waals surface area contributed by atoms with E-state index in [-0.39, 0.29) is 0 Å². The lowest BCUT2D eigenvalue weighted by Gasteiger charge is -2.17. The van der Waals surface area contributed by atoms with Gasteiger partial charge in [0.1, 0.15) is 11.2 Å². The van der Waals surface area contributed by atoms with Crippen molar-refractivity contribution < 1.29 is 4.42 Å². The summed E-state index contributed by atoms with van der Waals surface area (Å²) < 4.78 is 6.63. The highest BCUT2D eigenvalue weighted by atomic mass is 16.3. The standard InChI is InChI=1S/C58H34N2O/c1-3-14-38(15-4-1)55-48-32-31-45-43-20-11-12-22-52(43)61-58(45)54(48)46-29-28-40(33-51(46)59-55)35-23-25-37(26-24-35)49-34-50-53(44-21-10-9-19-42(44)49)47-30-27-36-13-7-8-18-41(36)57(47)60-56(50)39-16-5-2-6-17-39/h1-34H. The maximum Gasteiger partial charge on any atom is 0.144 e. The second-order valence-electron chi connectivity index (χ2n) is 16.0. The van der Waals surface area contributed by atoms with Gasteiger partial charge in [0.15, 0.2) is 0 Å². The molecule has 0 bridgehead atoms. The van der Waals surface area contributed by atoms with E-state index in [2.05, 4.69) is 194 Å². The molecule has 0 atom stereocenters. The molecule has 13 aromatic rings. The number of furan rings is 1. The Labute approximate surface area is 350 Å². The molecule has 0 amide bonds. The summed E-state index contributed by atoms with van der Waals surface area (Å²) in [6.45, 7) is 0. The van der Waals surface area contributed by atoms with Gasteiger partial charge in [-0.25, -0.2) is 9.97 Å². The third-order valence-corrected chi connectivity index (χ3v) is 12.6. The average Bonchev–Trinajstić information content (AvgIpc) is 3.72. The Hall–Kier alpha value is -8.14. The van der Waals surface area contributed by atoms with E-state index in [4.69, 9.17) is 14.4 Å². The van der Waals surface area contributed by atoms with E-state index in [1.807, 2.05) is 12.1 Å². The summed E-state index contributed by atoms with van der Waals surface area (Å²) in [6.07, 6.45) is 0. The molecule has 3 nitrogen and oxygen atoms in total. The van der Waals surface area contributed by atoms with Crippen LogP contribution in [0.3, 0.4) is 0 Å².